The molecule has 1 atom stereocenters. The lowest BCUT2D eigenvalue weighted by atomic mass is 9.89. The molecule has 1 heterocycles. The minimum absolute atomic E-state index is 0.0709. The van der Waals surface area contributed by atoms with Gasteiger partial charge in [-0.1, -0.05) is 0 Å². The van der Waals surface area contributed by atoms with Crippen molar-refractivity contribution in [1.82, 2.24) is 0 Å². The third kappa shape index (κ3) is 3.01. The van der Waals surface area contributed by atoms with Crippen molar-refractivity contribution in [2.75, 3.05) is 20.3 Å². The highest BCUT2D eigenvalue weighted by Gasteiger charge is 2.27. The van der Waals surface area contributed by atoms with Gasteiger partial charge in [0.25, 0.3) is 0 Å². The largest absolute Gasteiger partial charge is 0.493 e. The number of rotatable bonds is 4. The van der Waals surface area contributed by atoms with E-state index in [4.69, 9.17) is 9.47 Å². The van der Waals surface area contributed by atoms with Gasteiger partial charge in [-0.2, -0.15) is 0 Å². The summed E-state index contributed by atoms with van der Waals surface area (Å²) in [6, 6.07) is 7.96. The molecule has 2 aromatic carbocycles. The number of hydrogen-bond donors (Lipinski definition) is 1. The molecule has 23 heavy (non-hydrogen) atoms. The topological polar surface area (TPSA) is 35.1 Å². The Morgan fingerprint density at radius 1 is 1.13 bits per heavy atom. The molecule has 0 saturated heterocycles. The molecule has 2 aromatic rings. The van der Waals surface area contributed by atoms with Crippen LogP contribution in [0.5, 0.6) is 11.5 Å². The molecule has 5 heteroatoms. The van der Waals surface area contributed by atoms with E-state index in [9.17, 15) is 8.78 Å². The van der Waals surface area contributed by atoms with Crippen LogP contribution in [0.2, 0.25) is 0 Å². The number of hydrogen-bond acceptors (Lipinski definition) is 2. The Morgan fingerprint density at radius 2 is 1.96 bits per heavy atom. The molecule has 0 aromatic heterocycles. The Morgan fingerprint density at radius 3 is 2.65 bits per heavy atom. The number of nitrogens with two attached hydrogens (primary N) is 1. The van der Waals surface area contributed by atoms with E-state index in [1.54, 1.807) is 13.2 Å². The number of halogens is 2. The van der Waals surface area contributed by atoms with Gasteiger partial charge in [0.1, 0.15) is 6.04 Å². The average molecular weight is 320 g/mol. The van der Waals surface area contributed by atoms with Crippen LogP contribution in [0.3, 0.4) is 0 Å². The predicted octanol–water partition coefficient (Wildman–Crippen LogP) is 2.58. The zero-order chi connectivity index (χ0) is 16.4. The van der Waals surface area contributed by atoms with Crippen molar-refractivity contribution < 1.29 is 23.6 Å². The molecule has 2 N–H and O–H groups in total. The molecule has 0 amide bonds. The predicted molar refractivity (Wildman–Crippen MR) is 82.9 cm³/mol. The van der Waals surface area contributed by atoms with E-state index in [0.29, 0.717) is 12.4 Å². The fourth-order valence-corrected chi connectivity index (χ4v) is 3.11. The van der Waals surface area contributed by atoms with Crippen molar-refractivity contribution in [3.63, 3.8) is 0 Å². The number of quaternary nitrogens is 1. The van der Waals surface area contributed by atoms with Crippen LogP contribution in [0.25, 0.3) is 0 Å². The quantitative estimate of drug-likeness (QED) is 0.940. The van der Waals surface area contributed by atoms with Gasteiger partial charge in [-0.05, 0) is 42.8 Å². The summed E-state index contributed by atoms with van der Waals surface area (Å²) in [6.45, 7) is 3.37. The van der Waals surface area contributed by atoms with Gasteiger partial charge in [-0.3, -0.25) is 0 Å². The van der Waals surface area contributed by atoms with Crippen LogP contribution in [0, 0.1) is 11.6 Å². The van der Waals surface area contributed by atoms with Gasteiger partial charge in [0.15, 0.2) is 23.1 Å². The Balaban J connectivity index is 2.05. The van der Waals surface area contributed by atoms with Crippen molar-refractivity contribution in [3.8, 4) is 11.5 Å². The van der Waals surface area contributed by atoms with Crippen LogP contribution >= 0.6 is 0 Å². The summed E-state index contributed by atoms with van der Waals surface area (Å²) < 4.78 is 37.8. The smallest absolute Gasteiger partial charge is 0.161 e. The summed E-state index contributed by atoms with van der Waals surface area (Å²) in [6.07, 6.45) is 0.902. The van der Waals surface area contributed by atoms with Crippen LogP contribution < -0.4 is 14.8 Å². The lowest BCUT2D eigenvalue weighted by molar-refractivity contribution is -0.690. The number of benzene rings is 2. The van der Waals surface area contributed by atoms with Gasteiger partial charge in [0.05, 0.1) is 20.3 Å². The zero-order valence-corrected chi connectivity index (χ0v) is 13.2. The second kappa shape index (κ2) is 6.54. The molecule has 1 aliphatic rings. The fourth-order valence-electron chi connectivity index (χ4n) is 3.11. The Kier molecular flexibility index (Phi) is 4.48. The Bertz CT molecular complexity index is 718. The second-order valence-corrected chi connectivity index (χ2v) is 5.56. The molecule has 0 spiro atoms. The van der Waals surface area contributed by atoms with E-state index < -0.39 is 11.6 Å². The maximum absolute atomic E-state index is 13.6. The molecular formula is C18H20F2NO2+. The standard InChI is InChI=1S/C18H19F2NO2/c1-3-23-17-9-11-6-7-21-18(13(11)10-16(17)22-2)12-4-5-14(19)15(20)8-12/h4-5,8-10,18,21H,3,6-7H2,1-2H3/p+1/t18-/m1/s1. The fraction of sp³-hybridized carbons (Fsp3) is 0.333. The summed E-state index contributed by atoms with van der Waals surface area (Å²) >= 11 is 0. The van der Waals surface area contributed by atoms with E-state index in [0.717, 1.165) is 35.4 Å². The van der Waals surface area contributed by atoms with Gasteiger partial charge >= 0.3 is 0 Å². The lowest BCUT2D eigenvalue weighted by Gasteiger charge is -2.26. The van der Waals surface area contributed by atoms with Crippen LogP contribution in [0.15, 0.2) is 30.3 Å². The maximum Gasteiger partial charge on any atom is 0.161 e. The third-order valence-electron chi connectivity index (χ3n) is 4.18. The summed E-state index contributed by atoms with van der Waals surface area (Å²) in [7, 11) is 1.60. The molecule has 3 rings (SSSR count). The van der Waals surface area contributed by atoms with E-state index in [1.165, 1.54) is 12.1 Å². The van der Waals surface area contributed by atoms with E-state index >= 15 is 0 Å². The van der Waals surface area contributed by atoms with Crippen molar-refractivity contribution in [1.29, 1.82) is 0 Å². The zero-order valence-electron chi connectivity index (χ0n) is 13.2. The average Bonchev–Trinajstić information content (AvgIpc) is 2.56. The first-order chi connectivity index (χ1) is 11.1. The highest BCUT2D eigenvalue weighted by molar-refractivity contribution is 5.50. The Labute approximate surface area is 134 Å². The number of methoxy groups -OCH3 is 1. The van der Waals surface area contributed by atoms with Crippen LogP contribution in [0.1, 0.15) is 29.7 Å². The lowest BCUT2D eigenvalue weighted by Crippen LogP contribution is -2.87. The summed E-state index contributed by atoms with van der Waals surface area (Å²) in [5.41, 5.74) is 2.96. The van der Waals surface area contributed by atoms with Crippen molar-refractivity contribution >= 4 is 0 Å². The van der Waals surface area contributed by atoms with Crippen molar-refractivity contribution in [2.24, 2.45) is 0 Å². The first-order valence-electron chi connectivity index (χ1n) is 7.76. The highest BCUT2D eigenvalue weighted by Crippen LogP contribution is 2.35. The molecule has 122 valence electrons. The van der Waals surface area contributed by atoms with Crippen LogP contribution in [-0.4, -0.2) is 20.3 Å². The van der Waals surface area contributed by atoms with Crippen molar-refractivity contribution in [2.45, 2.75) is 19.4 Å². The minimum atomic E-state index is -0.825. The van der Waals surface area contributed by atoms with Crippen molar-refractivity contribution in [3.05, 3.63) is 58.7 Å². The normalized spacial score (nSPS) is 16.8. The molecule has 0 fully saturated rings. The van der Waals surface area contributed by atoms with Gasteiger partial charge in [-0.15, -0.1) is 0 Å². The molecule has 1 aliphatic heterocycles. The molecule has 0 saturated carbocycles. The molecule has 0 radical (unpaired) electrons. The molecule has 0 unspecified atom stereocenters. The van der Waals surface area contributed by atoms with Gasteiger partial charge in [-0.25, -0.2) is 8.78 Å². The number of ether oxygens (including phenoxy) is 2. The molecule has 0 aliphatic carbocycles. The Hall–Kier alpha value is -2.14. The van der Waals surface area contributed by atoms with E-state index in [1.807, 2.05) is 19.1 Å². The molecule has 3 nitrogen and oxygen atoms in total. The summed E-state index contributed by atoms with van der Waals surface area (Å²) in [5.74, 6) is -0.261. The highest BCUT2D eigenvalue weighted by atomic mass is 19.2. The van der Waals surface area contributed by atoms with Gasteiger partial charge in [0, 0.05) is 17.5 Å². The van der Waals surface area contributed by atoms with Gasteiger partial charge < -0.3 is 14.8 Å². The van der Waals surface area contributed by atoms with E-state index in [2.05, 4.69) is 5.32 Å². The molecular weight excluding hydrogens is 300 g/mol. The minimum Gasteiger partial charge on any atom is -0.493 e. The first-order valence-corrected chi connectivity index (χ1v) is 7.76. The van der Waals surface area contributed by atoms with Crippen LogP contribution in [-0.2, 0) is 6.42 Å². The summed E-state index contributed by atoms with van der Waals surface area (Å²) in [4.78, 5) is 0. The second-order valence-electron chi connectivity index (χ2n) is 5.56. The third-order valence-corrected chi connectivity index (χ3v) is 4.18. The van der Waals surface area contributed by atoms with Gasteiger partial charge in [0.2, 0.25) is 0 Å². The SMILES string of the molecule is CCOc1cc2c(cc1OC)[C@@H](c1ccc(F)c(F)c1)[NH2+]CC2. The number of fused-ring (bicyclic) bond motifs is 1. The summed E-state index contributed by atoms with van der Waals surface area (Å²) in [5, 5.41) is 2.13. The van der Waals surface area contributed by atoms with Crippen LogP contribution in [0.4, 0.5) is 8.78 Å². The first kappa shape index (κ1) is 15.7. The van der Waals surface area contributed by atoms with E-state index in [-0.39, 0.29) is 6.04 Å². The monoisotopic (exact) mass is 320 g/mol. The molecule has 0 bridgehead atoms. The maximum atomic E-state index is 13.6.